The minimum atomic E-state index is -0.872. The molecule has 46 heavy (non-hydrogen) atoms. The van der Waals surface area contributed by atoms with Crippen molar-refractivity contribution in [3.63, 3.8) is 0 Å². The third-order valence-corrected chi connectivity index (χ3v) is 8.07. The van der Waals surface area contributed by atoms with Crippen molar-refractivity contribution in [2.24, 2.45) is 5.92 Å². The summed E-state index contributed by atoms with van der Waals surface area (Å²) in [6.45, 7) is 11.6. The van der Waals surface area contributed by atoms with Crippen LogP contribution >= 0.6 is 0 Å². The second kappa shape index (κ2) is 29.8. The van der Waals surface area contributed by atoms with Crippen LogP contribution in [0.3, 0.4) is 0 Å². The number of hydrogen-bond donors (Lipinski definition) is 3. The number of unbranched alkanes of at least 4 members (excludes halogenated alkanes) is 6. The molecule has 0 spiro atoms. The Morgan fingerprint density at radius 1 is 0.630 bits per heavy atom. The van der Waals surface area contributed by atoms with E-state index in [1.54, 1.807) is 0 Å². The number of hydrogen-bond acceptors (Lipinski definition) is 10. The molecule has 270 valence electrons. The van der Waals surface area contributed by atoms with Crippen molar-refractivity contribution < 1.29 is 48.3 Å². The number of carboxylic acids is 2. The molecule has 0 radical (unpaired) electrons. The Hall–Kier alpha value is -2.60. The lowest BCUT2D eigenvalue weighted by atomic mass is 9.95. The highest BCUT2D eigenvalue weighted by atomic mass is 16.7. The fraction of sp³-hybridized carbons (Fsp3) is 0.882. The Balaban J connectivity index is 4.48. The molecule has 3 unspecified atom stereocenters. The average molecular weight is 661 g/mol. The maximum Gasteiger partial charge on any atom is 0.508 e. The van der Waals surface area contributed by atoms with Gasteiger partial charge < -0.3 is 39.4 Å². The zero-order valence-corrected chi connectivity index (χ0v) is 29.1. The molecule has 0 aromatic heterocycles. The van der Waals surface area contributed by atoms with E-state index in [0.29, 0.717) is 58.0 Å². The fourth-order valence-electron chi connectivity index (χ4n) is 5.14. The van der Waals surface area contributed by atoms with Crippen molar-refractivity contribution in [3.05, 3.63) is 0 Å². The normalized spacial score (nSPS) is 13.2. The van der Waals surface area contributed by atoms with Crippen LogP contribution in [0.4, 0.5) is 9.59 Å². The zero-order chi connectivity index (χ0) is 34.4. The topological polar surface area (TPSA) is 161 Å². The summed E-state index contributed by atoms with van der Waals surface area (Å²) in [6, 6.07) is 0. The molecule has 0 saturated heterocycles. The third-order valence-electron chi connectivity index (χ3n) is 8.07. The van der Waals surface area contributed by atoms with Gasteiger partial charge in [-0.2, -0.15) is 0 Å². The highest BCUT2D eigenvalue weighted by molar-refractivity contribution is 5.70. The summed E-state index contributed by atoms with van der Waals surface area (Å²) in [7, 11) is 0. The second-order valence-electron chi connectivity index (χ2n) is 11.8. The van der Waals surface area contributed by atoms with E-state index >= 15 is 0 Å². The second-order valence-corrected chi connectivity index (χ2v) is 11.8. The van der Waals surface area contributed by atoms with E-state index < -0.39 is 36.3 Å². The molecule has 0 aliphatic carbocycles. The maximum absolute atomic E-state index is 12.4. The van der Waals surface area contributed by atoms with E-state index in [1.165, 1.54) is 0 Å². The number of carbonyl (C=O) groups excluding carboxylic acids is 2. The summed E-state index contributed by atoms with van der Waals surface area (Å²) in [4.78, 5) is 49.4. The van der Waals surface area contributed by atoms with E-state index in [4.69, 9.17) is 24.1 Å². The van der Waals surface area contributed by atoms with Gasteiger partial charge in [-0.25, -0.2) is 9.59 Å². The Morgan fingerprint density at radius 3 is 1.59 bits per heavy atom. The molecule has 3 atom stereocenters. The van der Waals surface area contributed by atoms with Gasteiger partial charge in [0.2, 0.25) is 0 Å². The predicted octanol–water partition coefficient (Wildman–Crippen LogP) is 7.03. The summed E-state index contributed by atoms with van der Waals surface area (Å²) in [5, 5.41) is 21.6. The molecule has 0 fully saturated rings. The first-order chi connectivity index (χ1) is 22.2. The summed E-state index contributed by atoms with van der Waals surface area (Å²) >= 11 is 0. The highest BCUT2D eigenvalue weighted by Gasteiger charge is 2.23. The monoisotopic (exact) mass is 660 g/mol. The number of carboxylic acid groups (broad SMARTS) is 2. The van der Waals surface area contributed by atoms with Gasteiger partial charge >= 0.3 is 24.2 Å². The molecule has 0 heterocycles. The van der Waals surface area contributed by atoms with Crippen molar-refractivity contribution in [2.75, 3.05) is 45.9 Å². The Morgan fingerprint density at radius 2 is 1.13 bits per heavy atom. The van der Waals surface area contributed by atoms with Gasteiger partial charge in [0.25, 0.3) is 0 Å². The van der Waals surface area contributed by atoms with Crippen molar-refractivity contribution >= 4 is 24.2 Å². The number of ether oxygens (including phenoxy) is 4. The van der Waals surface area contributed by atoms with Crippen LogP contribution in [0.25, 0.3) is 0 Å². The molecule has 0 amide bonds. The van der Waals surface area contributed by atoms with E-state index in [2.05, 4.69) is 37.9 Å². The predicted molar refractivity (Wildman–Crippen MR) is 177 cm³/mol. The number of aliphatic carboxylic acids is 2. The molecule has 0 aromatic rings. The molecule has 0 aromatic carbocycles. The van der Waals surface area contributed by atoms with Gasteiger partial charge in [-0.1, -0.05) is 66.2 Å². The SMILES string of the molecule is CCCCCCC(CCCC(=O)O)OC(=O)OCCNCCOC(=O)OC(CCCCCC)CCC(CCN(CC)CC)C(=O)O. The molecule has 0 saturated carbocycles. The van der Waals surface area contributed by atoms with Gasteiger partial charge in [0.15, 0.2) is 0 Å². The first-order valence-corrected chi connectivity index (χ1v) is 17.7. The van der Waals surface area contributed by atoms with E-state index in [-0.39, 0.29) is 25.7 Å². The van der Waals surface area contributed by atoms with Crippen LogP contribution in [0.2, 0.25) is 0 Å². The van der Waals surface area contributed by atoms with Crippen LogP contribution in [-0.4, -0.2) is 97.5 Å². The van der Waals surface area contributed by atoms with Gasteiger partial charge in [-0.3, -0.25) is 9.59 Å². The minimum absolute atomic E-state index is 0.0331. The standard InChI is InChI=1S/C34H64N2O10/c1-5-9-11-13-16-29(18-15-19-31(37)38)45-33(41)43-26-23-35-24-27-44-34(42)46-30(17-14-12-10-6-2)21-20-28(32(39)40)22-25-36(7-3)8-4/h28-30,35H,5-27H2,1-4H3,(H,37,38)(H,39,40). The Labute approximate surface area is 277 Å². The minimum Gasteiger partial charge on any atom is -0.481 e. The van der Waals surface area contributed by atoms with Crippen LogP contribution in [0.1, 0.15) is 130 Å². The van der Waals surface area contributed by atoms with Crippen LogP contribution in [0, 0.1) is 5.92 Å². The molecule has 0 bridgehead atoms. The van der Waals surface area contributed by atoms with Gasteiger partial charge in [0, 0.05) is 19.5 Å². The molecular formula is C34H64N2O10. The maximum atomic E-state index is 12.4. The third kappa shape index (κ3) is 25.6. The largest absolute Gasteiger partial charge is 0.508 e. The smallest absolute Gasteiger partial charge is 0.481 e. The molecule has 12 heteroatoms. The first kappa shape index (κ1) is 43.4. The number of nitrogens with zero attached hydrogens (tertiary/aromatic N) is 1. The highest BCUT2D eigenvalue weighted by Crippen LogP contribution is 2.20. The van der Waals surface area contributed by atoms with Crippen molar-refractivity contribution in [1.29, 1.82) is 0 Å². The van der Waals surface area contributed by atoms with Crippen LogP contribution < -0.4 is 5.32 Å². The van der Waals surface area contributed by atoms with Gasteiger partial charge in [0.1, 0.15) is 25.4 Å². The quantitative estimate of drug-likeness (QED) is 0.0515. The summed E-state index contributed by atoms with van der Waals surface area (Å²) < 4.78 is 21.4. The lowest BCUT2D eigenvalue weighted by Crippen LogP contribution is -2.29. The Bertz CT molecular complexity index is 794. The Kier molecular flexibility index (Phi) is 28.1. The molecule has 0 rings (SSSR count). The summed E-state index contributed by atoms with van der Waals surface area (Å²) in [5.74, 6) is -2.18. The lowest BCUT2D eigenvalue weighted by molar-refractivity contribution is -0.142. The van der Waals surface area contributed by atoms with Gasteiger partial charge in [0.05, 0.1) is 5.92 Å². The van der Waals surface area contributed by atoms with Gasteiger partial charge in [-0.15, -0.1) is 0 Å². The molecule has 3 N–H and O–H groups in total. The van der Waals surface area contributed by atoms with Crippen molar-refractivity contribution in [2.45, 2.75) is 143 Å². The average Bonchev–Trinajstić information content (AvgIpc) is 3.01. The van der Waals surface area contributed by atoms with Gasteiger partial charge in [-0.05, 0) is 77.4 Å². The number of carbonyl (C=O) groups is 4. The number of nitrogens with one attached hydrogen (secondary N) is 1. The zero-order valence-electron chi connectivity index (χ0n) is 29.1. The van der Waals surface area contributed by atoms with E-state index in [9.17, 15) is 24.3 Å². The van der Waals surface area contributed by atoms with Crippen molar-refractivity contribution in [3.8, 4) is 0 Å². The first-order valence-electron chi connectivity index (χ1n) is 17.7. The van der Waals surface area contributed by atoms with Crippen LogP contribution in [0.5, 0.6) is 0 Å². The van der Waals surface area contributed by atoms with Crippen LogP contribution in [0.15, 0.2) is 0 Å². The van der Waals surface area contributed by atoms with Crippen molar-refractivity contribution in [1.82, 2.24) is 10.2 Å². The number of rotatable bonds is 31. The summed E-state index contributed by atoms with van der Waals surface area (Å²) in [5.41, 5.74) is 0. The lowest BCUT2D eigenvalue weighted by Gasteiger charge is -2.22. The van der Waals surface area contributed by atoms with Crippen LogP contribution in [-0.2, 0) is 28.5 Å². The van der Waals surface area contributed by atoms with E-state index in [1.807, 2.05) is 0 Å². The molecule has 12 nitrogen and oxygen atoms in total. The van der Waals surface area contributed by atoms with E-state index in [0.717, 1.165) is 71.0 Å². The molecule has 0 aliphatic rings. The molecular weight excluding hydrogens is 596 g/mol. The summed E-state index contributed by atoms with van der Waals surface area (Å²) in [6.07, 6.45) is 9.70. The molecule has 0 aliphatic heterocycles. The fourth-order valence-corrected chi connectivity index (χ4v) is 5.14.